The number of carbonyl (C=O) groups excluding carboxylic acids is 1. The number of nitrogens with zero attached hydrogens (tertiary/aromatic N) is 3. The Balaban J connectivity index is 0.00000176. The number of aliphatic hydroxyl groups excluding tert-OH is 1. The maximum atomic E-state index is 12.2. The van der Waals surface area contributed by atoms with E-state index in [4.69, 9.17) is 9.84 Å². The van der Waals surface area contributed by atoms with Crippen LogP contribution in [0.4, 0.5) is 0 Å². The first kappa shape index (κ1) is 16.5. The van der Waals surface area contributed by atoms with Crippen LogP contribution in [0, 0.1) is 0 Å². The van der Waals surface area contributed by atoms with Gasteiger partial charge in [-0.1, -0.05) is 0 Å². The van der Waals surface area contributed by atoms with Gasteiger partial charge in [-0.05, 0) is 26.2 Å². The first-order valence-electron chi connectivity index (χ1n) is 7.16. The van der Waals surface area contributed by atoms with Crippen LogP contribution in [0.1, 0.15) is 35.1 Å². The van der Waals surface area contributed by atoms with Gasteiger partial charge in [0.05, 0.1) is 18.5 Å². The third kappa shape index (κ3) is 2.74. The molecular formula is C14H19ClN4O3. The van der Waals surface area contributed by atoms with Crippen molar-refractivity contribution in [1.82, 2.24) is 20.0 Å². The number of fused-ring (bicyclic) bond motifs is 3. The van der Waals surface area contributed by atoms with Crippen molar-refractivity contribution in [2.24, 2.45) is 0 Å². The molecule has 0 unspecified atom stereocenters. The van der Waals surface area contributed by atoms with Crippen LogP contribution in [0.15, 0.2) is 6.20 Å². The molecule has 2 aromatic heterocycles. The first-order valence-corrected chi connectivity index (χ1v) is 7.16. The molecule has 2 heterocycles. The monoisotopic (exact) mass is 326 g/mol. The highest BCUT2D eigenvalue weighted by Gasteiger charge is 2.29. The number of aromatic nitrogens is 4. The SMILES string of the molecule is CCOC(=O)c1c2c(nn1CCCO)-c1cn[nH]c1CC2.Cl. The summed E-state index contributed by atoms with van der Waals surface area (Å²) in [5.41, 5.74) is 4.22. The topological polar surface area (TPSA) is 93.0 Å². The van der Waals surface area contributed by atoms with Gasteiger partial charge >= 0.3 is 5.97 Å². The number of aliphatic hydroxyl groups is 1. The number of H-pyrrole nitrogens is 1. The number of ether oxygens (including phenoxy) is 1. The summed E-state index contributed by atoms with van der Waals surface area (Å²) in [5, 5.41) is 20.6. The molecule has 0 radical (unpaired) electrons. The van der Waals surface area contributed by atoms with Gasteiger partial charge in [0.25, 0.3) is 0 Å². The zero-order chi connectivity index (χ0) is 14.8. The molecule has 0 aromatic carbocycles. The lowest BCUT2D eigenvalue weighted by atomic mass is 9.94. The Labute approximate surface area is 134 Å². The molecule has 7 nitrogen and oxygen atoms in total. The average Bonchev–Trinajstić information content (AvgIpc) is 3.08. The Morgan fingerprint density at radius 2 is 2.32 bits per heavy atom. The normalized spacial score (nSPS) is 12.3. The average molecular weight is 327 g/mol. The summed E-state index contributed by atoms with van der Waals surface area (Å²) in [4.78, 5) is 12.2. The van der Waals surface area contributed by atoms with E-state index < -0.39 is 0 Å². The van der Waals surface area contributed by atoms with E-state index in [9.17, 15) is 4.79 Å². The van der Waals surface area contributed by atoms with Gasteiger partial charge in [0.2, 0.25) is 0 Å². The van der Waals surface area contributed by atoms with E-state index in [1.54, 1.807) is 17.8 Å². The Hall–Kier alpha value is -1.86. The summed E-state index contributed by atoms with van der Waals surface area (Å²) in [6, 6.07) is 0. The smallest absolute Gasteiger partial charge is 0.356 e. The molecule has 0 spiro atoms. The maximum absolute atomic E-state index is 12.2. The highest BCUT2D eigenvalue weighted by molar-refractivity contribution is 5.92. The highest BCUT2D eigenvalue weighted by Crippen LogP contribution is 2.33. The molecule has 0 saturated carbocycles. The van der Waals surface area contributed by atoms with E-state index in [0.717, 1.165) is 35.4 Å². The molecule has 0 bridgehead atoms. The van der Waals surface area contributed by atoms with Crippen LogP contribution in [-0.4, -0.2) is 44.3 Å². The second-order valence-corrected chi connectivity index (χ2v) is 4.96. The van der Waals surface area contributed by atoms with E-state index in [1.165, 1.54) is 0 Å². The summed E-state index contributed by atoms with van der Waals surface area (Å²) in [6.07, 6.45) is 3.83. The quantitative estimate of drug-likeness (QED) is 0.809. The molecular weight excluding hydrogens is 308 g/mol. The lowest BCUT2D eigenvalue weighted by Crippen LogP contribution is -2.16. The van der Waals surface area contributed by atoms with E-state index in [1.807, 2.05) is 0 Å². The first-order chi connectivity index (χ1) is 10.3. The molecule has 22 heavy (non-hydrogen) atoms. The van der Waals surface area contributed by atoms with Gasteiger partial charge in [0, 0.05) is 30.0 Å². The molecule has 2 N–H and O–H groups in total. The minimum Gasteiger partial charge on any atom is -0.461 e. The second-order valence-electron chi connectivity index (χ2n) is 4.96. The highest BCUT2D eigenvalue weighted by atomic mass is 35.5. The Bertz CT molecular complexity index is 665. The standard InChI is InChI=1S/C14H18N4O3.ClH/c1-2-21-14(20)13-9-4-5-11-10(8-15-16-11)12(9)17-18(13)6-3-7-19;/h8,19H,2-7H2,1H3,(H,15,16);1H. The van der Waals surface area contributed by atoms with Gasteiger partial charge in [-0.25, -0.2) is 4.79 Å². The summed E-state index contributed by atoms with van der Waals surface area (Å²) >= 11 is 0. The fourth-order valence-corrected chi connectivity index (χ4v) is 2.72. The zero-order valence-corrected chi connectivity index (χ0v) is 13.2. The van der Waals surface area contributed by atoms with Crippen LogP contribution in [-0.2, 0) is 24.1 Å². The number of carbonyl (C=O) groups is 1. The van der Waals surface area contributed by atoms with Gasteiger partial charge in [0.1, 0.15) is 5.69 Å². The third-order valence-corrected chi connectivity index (χ3v) is 3.65. The summed E-state index contributed by atoms with van der Waals surface area (Å²) in [6.45, 7) is 2.66. The van der Waals surface area contributed by atoms with Crippen molar-refractivity contribution in [2.45, 2.75) is 32.7 Å². The van der Waals surface area contributed by atoms with E-state index >= 15 is 0 Å². The number of aryl methyl sites for hydroxylation is 2. The van der Waals surface area contributed by atoms with Crippen LogP contribution in [0.2, 0.25) is 0 Å². The number of aromatic amines is 1. The molecule has 1 aliphatic carbocycles. The van der Waals surface area contributed by atoms with Crippen LogP contribution in [0.5, 0.6) is 0 Å². The molecule has 3 rings (SSSR count). The van der Waals surface area contributed by atoms with Gasteiger partial charge in [0.15, 0.2) is 0 Å². The second kappa shape index (κ2) is 6.93. The molecule has 120 valence electrons. The fraction of sp³-hybridized carbons (Fsp3) is 0.500. The zero-order valence-electron chi connectivity index (χ0n) is 12.3. The van der Waals surface area contributed by atoms with Crippen molar-refractivity contribution in [3.8, 4) is 11.3 Å². The number of halogens is 1. The minimum atomic E-state index is -0.351. The van der Waals surface area contributed by atoms with Crippen molar-refractivity contribution in [1.29, 1.82) is 0 Å². The van der Waals surface area contributed by atoms with Gasteiger partial charge in [-0.2, -0.15) is 10.2 Å². The molecule has 0 saturated heterocycles. The van der Waals surface area contributed by atoms with Gasteiger partial charge < -0.3 is 9.84 Å². The number of esters is 1. The lowest BCUT2D eigenvalue weighted by Gasteiger charge is -2.11. The number of rotatable bonds is 5. The van der Waals surface area contributed by atoms with Crippen molar-refractivity contribution < 1.29 is 14.6 Å². The Kier molecular flexibility index (Phi) is 5.20. The molecule has 8 heteroatoms. The van der Waals surface area contributed by atoms with E-state index in [0.29, 0.717) is 25.3 Å². The summed E-state index contributed by atoms with van der Waals surface area (Å²) in [7, 11) is 0. The van der Waals surface area contributed by atoms with Crippen LogP contribution in [0.3, 0.4) is 0 Å². The number of nitrogens with one attached hydrogen (secondary N) is 1. The molecule has 2 aromatic rings. The summed E-state index contributed by atoms with van der Waals surface area (Å²) < 4.78 is 6.81. The van der Waals surface area contributed by atoms with Gasteiger partial charge in [-0.15, -0.1) is 12.4 Å². The largest absolute Gasteiger partial charge is 0.461 e. The lowest BCUT2D eigenvalue weighted by molar-refractivity contribution is 0.0509. The molecule has 0 fully saturated rings. The number of hydrogen-bond acceptors (Lipinski definition) is 5. The third-order valence-electron chi connectivity index (χ3n) is 3.65. The molecule has 1 aliphatic rings. The molecule has 0 atom stereocenters. The van der Waals surface area contributed by atoms with Crippen LogP contribution >= 0.6 is 12.4 Å². The molecule has 0 amide bonds. The van der Waals surface area contributed by atoms with Crippen molar-refractivity contribution in [3.05, 3.63) is 23.1 Å². The Morgan fingerprint density at radius 1 is 1.50 bits per heavy atom. The molecule has 0 aliphatic heterocycles. The minimum absolute atomic E-state index is 0. The van der Waals surface area contributed by atoms with Crippen molar-refractivity contribution in [2.75, 3.05) is 13.2 Å². The van der Waals surface area contributed by atoms with Crippen molar-refractivity contribution in [3.63, 3.8) is 0 Å². The predicted octanol–water partition coefficient (Wildman–Crippen LogP) is 1.35. The summed E-state index contributed by atoms with van der Waals surface area (Å²) in [5.74, 6) is -0.351. The number of hydrogen-bond donors (Lipinski definition) is 2. The fourth-order valence-electron chi connectivity index (χ4n) is 2.72. The van der Waals surface area contributed by atoms with Crippen molar-refractivity contribution >= 4 is 18.4 Å². The maximum Gasteiger partial charge on any atom is 0.356 e. The van der Waals surface area contributed by atoms with E-state index in [-0.39, 0.29) is 25.0 Å². The van der Waals surface area contributed by atoms with E-state index in [2.05, 4.69) is 15.3 Å². The Morgan fingerprint density at radius 3 is 3.05 bits per heavy atom. The van der Waals surface area contributed by atoms with Crippen LogP contribution < -0.4 is 0 Å². The van der Waals surface area contributed by atoms with Crippen LogP contribution in [0.25, 0.3) is 11.3 Å². The van der Waals surface area contributed by atoms with Gasteiger partial charge in [-0.3, -0.25) is 9.78 Å². The predicted molar refractivity (Wildman–Crippen MR) is 82.1 cm³/mol.